The fourth-order valence-electron chi connectivity index (χ4n) is 1.27. The molecular weight excluding hydrogens is 258 g/mol. The molecule has 0 spiro atoms. The number of rotatable bonds is 8. The Morgan fingerprint density at radius 3 is 1.80 bits per heavy atom. The van der Waals surface area contributed by atoms with Crippen LogP contribution >= 0.6 is 0 Å². The zero-order valence-electron chi connectivity index (χ0n) is 12.6. The molecule has 1 amide bonds. The van der Waals surface area contributed by atoms with Gasteiger partial charge in [-0.3, -0.25) is 4.79 Å². The number of carboxylic acid groups (broad SMARTS) is 1. The van der Waals surface area contributed by atoms with Gasteiger partial charge in [0.25, 0.3) is 5.91 Å². The lowest BCUT2D eigenvalue weighted by Gasteiger charge is -2.27. The van der Waals surface area contributed by atoms with Gasteiger partial charge in [-0.05, 0) is 27.7 Å². The van der Waals surface area contributed by atoms with Crippen molar-refractivity contribution in [3.63, 3.8) is 0 Å². The third kappa shape index (κ3) is 4.95. The summed E-state index contributed by atoms with van der Waals surface area (Å²) in [4.78, 5) is 24.9. The minimum atomic E-state index is -1.36. The molecule has 6 heteroatoms. The highest BCUT2D eigenvalue weighted by atomic mass is 16.4. The molecule has 0 atom stereocenters. The average molecular weight is 281 g/mol. The van der Waals surface area contributed by atoms with Crippen molar-refractivity contribution >= 4 is 11.9 Å². The quantitative estimate of drug-likeness (QED) is 0.547. The molecule has 0 heterocycles. The highest BCUT2D eigenvalue weighted by molar-refractivity contribution is 5.86. The standard InChI is InChI=1S/C14H23N3O3/c1-7-9-17(10-8-2)11(18)13(3,4)15-16-14(5,6)12(19)20/h7-8H,1-2,9-10H2,3-6H3,(H,19,20). The average Bonchev–Trinajstić information content (AvgIpc) is 2.35. The highest BCUT2D eigenvalue weighted by Gasteiger charge is 2.34. The maximum absolute atomic E-state index is 12.4. The maximum Gasteiger partial charge on any atom is 0.332 e. The van der Waals surface area contributed by atoms with E-state index in [1.165, 1.54) is 18.7 Å². The summed E-state index contributed by atoms with van der Waals surface area (Å²) in [6.07, 6.45) is 3.21. The SMILES string of the molecule is C=CCN(CC=C)C(=O)C(C)(C)N=NC(C)(C)C(=O)O. The van der Waals surface area contributed by atoms with Crippen LogP contribution in [0.2, 0.25) is 0 Å². The van der Waals surface area contributed by atoms with Gasteiger partial charge in [0, 0.05) is 13.1 Å². The van der Waals surface area contributed by atoms with E-state index in [0.717, 1.165) is 0 Å². The number of azo groups is 1. The molecular formula is C14H23N3O3. The van der Waals surface area contributed by atoms with Gasteiger partial charge in [0.05, 0.1) is 0 Å². The van der Waals surface area contributed by atoms with Crippen molar-refractivity contribution in [2.45, 2.75) is 38.8 Å². The first-order valence-electron chi connectivity index (χ1n) is 6.27. The highest BCUT2D eigenvalue weighted by Crippen LogP contribution is 2.18. The molecule has 1 N–H and O–H groups in total. The Kier molecular flexibility index (Phi) is 6.29. The van der Waals surface area contributed by atoms with Crippen LogP contribution < -0.4 is 0 Å². The second kappa shape index (κ2) is 6.98. The van der Waals surface area contributed by atoms with Crippen molar-refractivity contribution in [1.29, 1.82) is 0 Å². The molecule has 0 saturated carbocycles. The van der Waals surface area contributed by atoms with Crippen molar-refractivity contribution in [2.24, 2.45) is 10.2 Å². The summed E-state index contributed by atoms with van der Waals surface area (Å²) in [6.45, 7) is 14.0. The lowest BCUT2D eigenvalue weighted by molar-refractivity contribution is -0.142. The summed E-state index contributed by atoms with van der Waals surface area (Å²) in [5.74, 6) is -1.36. The number of carboxylic acids is 1. The van der Waals surface area contributed by atoms with Crippen molar-refractivity contribution < 1.29 is 14.7 Å². The molecule has 0 fully saturated rings. The first-order chi connectivity index (χ1) is 9.08. The maximum atomic E-state index is 12.4. The predicted molar refractivity (Wildman–Crippen MR) is 77.6 cm³/mol. The Morgan fingerprint density at radius 2 is 1.45 bits per heavy atom. The number of nitrogens with zero attached hydrogens (tertiary/aromatic N) is 3. The smallest absolute Gasteiger partial charge is 0.332 e. The fraction of sp³-hybridized carbons (Fsp3) is 0.571. The number of carbonyl (C=O) groups is 2. The van der Waals surface area contributed by atoms with Gasteiger partial charge in [-0.15, -0.1) is 13.2 Å². The Labute approximate surface area is 119 Å². The normalized spacial score (nSPS) is 12.2. The molecule has 0 aromatic carbocycles. The third-order valence-corrected chi connectivity index (χ3v) is 2.58. The molecule has 6 nitrogen and oxygen atoms in total. The molecule has 0 aromatic rings. The van der Waals surface area contributed by atoms with E-state index in [0.29, 0.717) is 13.1 Å². The second-order valence-corrected chi connectivity index (χ2v) is 5.41. The van der Waals surface area contributed by atoms with Crippen molar-refractivity contribution in [3.05, 3.63) is 25.3 Å². The van der Waals surface area contributed by atoms with Gasteiger partial charge in [0.2, 0.25) is 0 Å². The van der Waals surface area contributed by atoms with Gasteiger partial charge < -0.3 is 10.0 Å². The van der Waals surface area contributed by atoms with E-state index in [1.54, 1.807) is 26.0 Å². The van der Waals surface area contributed by atoms with E-state index >= 15 is 0 Å². The molecule has 0 unspecified atom stereocenters. The van der Waals surface area contributed by atoms with Gasteiger partial charge in [0.1, 0.15) is 0 Å². The summed E-state index contributed by atoms with van der Waals surface area (Å²) in [6, 6.07) is 0. The lowest BCUT2D eigenvalue weighted by atomic mass is 10.0. The summed E-state index contributed by atoms with van der Waals surface area (Å²) >= 11 is 0. The minimum Gasteiger partial charge on any atom is -0.479 e. The summed E-state index contributed by atoms with van der Waals surface area (Å²) in [5.41, 5.74) is -2.50. The van der Waals surface area contributed by atoms with Crippen LogP contribution in [0.3, 0.4) is 0 Å². The Balaban J connectivity index is 5.15. The molecule has 112 valence electrons. The van der Waals surface area contributed by atoms with E-state index < -0.39 is 17.0 Å². The molecule has 0 aliphatic carbocycles. The molecule has 0 saturated heterocycles. The van der Waals surface area contributed by atoms with Crippen LogP contribution in [-0.4, -0.2) is 46.1 Å². The number of carbonyl (C=O) groups excluding carboxylic acids is 1. The van der Waals surface area contributed by atoms with Crippen molar-refractivity contribution in [2.75, 3.05) is 13.1 Å². The fourth-order valence-corrected chi connectivity index (χ4v) is 1.27. The third-order valence-electron chi connectivity index (χ3n) is 2.58. The zero-order valence-corrected chi connectivity index (χ0v) is 12.6. The van der Waals surface area contributed by atoms with Gasteiger partial charge in [-0.25, -0.2) is 4.79 Å². The van der Waals surface area contributed by atoms with E-state index in [1.807, 2.05) is 0 Å². The van der Waals surface area contributed by atoms with E-state index in [9.17, 15) is 9.59 Å². The minimum absolute atomic E-state index is 0.262. The molecule has 0 rings (SSSR count). The van der Waals surface area contributed by atoms with Crippen LogP contribution in [0.1, 0.15) is 27.7 Å². The Bertz CT molecular complexity index is 415. The van der Waals surface area contributed by atoms with Gasteiger partial charge in [0.15, 0.2) is 11.1 Å². The molecule has 20 heavy (non-hydrogen) atoms. The van der Waals surface area contributed by atoms with Crippen LogP contribution in [0, 0.1) is 0 Å². The molecule has 0 aromatic heterocycles. The molecule has 0 aliphatic heterocycles. The van der Waals surface area contributed by atoms with E-state index in [4.69, 9.17) is 5.11 Å². The summed E-state index contributed by atoms with van der Waals surface area (Å²) in [7, 11) is 0. The topological polar surface area (TPSA) is 82.3 Å². The largest absolute Gasteiger partial charge is 0.479 e. The first kappa shape index (κ1) is 18.0. The first-order valence-corrected chi connectivity index (χ1v) is 6.27. The van der Waals surface area contributed by atoms with E-state index in [-0.39, 0.29) is 5.91 Å². The Hall–Kier alpha value is -1.98. The van der Waals surface area contributed by atoms with Gasteiger partial charge in [-0.1, -0.05) is 12.2 Å². The molecule has 0 radical (unpaired) electrons. The van der Waals surface area contributed by atoms with Crippen LogP contribution in [-0.2, 0) is 9.59 Å². The van der Waals surface area contributed by atoms with Gasteiger partial charge in [-0.2, -0.15) is 10.2 Å². The predicted octanol–water partition coefficient (Wildman–Crippen LogP) is 2.28. The van der Waals surface area contributed by atoms with Gasteiger partial charge >= 0.3 is 5.97 Å². The number of amides is 1. The number of hydrogen-bond donors (Lipinski definition) is 1. The summed E-state index contributed by atoms with van der Waals surface area (Å²) < 4.78 is 0. The van der Waals surface area contributed by atoms with Crippen molar-refractivity contribution in [1.82, 2.24) is 4.90 Å². The van der Waals surface area contributed by atoms with Crippen LogP contribution in [0.25, 0.3) is 0 Å². The number of aliphatic carboxylic acids is 1. The zero-order chi connectivity index (χ0) is 16.0. The molecule has 0 bridgehead atoms. The van der Waals surface area contributed by atoms with E-state index in [2.05, 4.69) is 23.4 Å². The second-order valence-electron chi connectivity index (χ2n) is 5.41. The van der Waals surface area contributed by atoms with Crippen LogP contribution in [0.4, 0.5) is 0 Å². The van der Waals surface area contributed by atoms with Crippen molar-refractivity contribution in [3.8, 4) is 0 Å². The lowest BCUT2D eigenvalue weighted by Crippen LogP contribution is -2.44. The number of hydrogen-bond acceptors (Lipinski definition) is 4. The monoisotopic (exact) mass is 281 g/mol. The molecule has 0 aliphatic rings. The van der Waals surface area contributed by atoms with Crippen LogP contribution in [0.15, 0.2) is 35.5 Å². The summed E-state index contributed by atoms with van der Waals surface area (Å²) in [5, 5.41) is 16.7. The Morgan fingerprint density at radius 1 is 1.05 bits per heavy atom. The van der Waals surface area contributed by atoms with Crippen LogP contribution in [0.5, 0.6) is 0 Å².